The highest BCUT2D eigenvalue weighted by Crippen LogP contribution is 2.37. The lowest BCUT2D eigenvalue weighted by atomic mass is 9.76. The molecule has 2 fully saturated rings. The van der Waals surface area contributed by atoms with E-state index in [1.807, 2.05) is 0 Å². The molecule has 0 aromatic rings. The Labute approximate surface area is 94.5 Å². The first kappa shape index (κ1) is 11.0. The summed E-state index contributed by atoms with van der Waals surface area (Å²) in [7, 11) is 0. The zero-order chi connectivity index (χ0) is 10.7. The van der Waals surface area contributed by atoms with Crippen molar-refractivity contribution in [2.24, 2.45) is 11.8 Å². The fourth-order valence-electron chi connectivity index (χ4n) is 3.11. The van der Waals surface area contributed by atoms with Crippen molar-refractivity contribution in [1.82, 2.24) is 0 Å². The van der Waals surface area contributed by atoms with Gasteiger partial charge in [-0.25, -0.2) is 0 Å². The Morgan fingerprint density at radius 1 is 0.733 bits per heavy atom. The standard InChI is InChI=1S/C15H24/c1-12-3-7-14(8-4-12)11-15-9-5-13(2)6-10-15/h14-15H,1-11H2. The zero-order valence-corrected chi connectivity index (χ0v) is 9.93. The van der Waals surface area contributed by atoms with Gasteiger partial charge >= 0.3 is 0 Å². The van der Waals surface area contributed by atoms with E-state index >= 15 is 0 Å². The first-order valence-corrected chi connectivity index (χ1v) is 6.57. The third-order valence-corrected chi connectivity index (χ3v) is 4.29. The summed E-state index contributed by atoms with van der Waals surface area (Å²) in [5.41, 5.74) is 2.98. The Morgan fingerprint density at radius 3 is 1.40 bits per heavy atom. The topological polar surface area (TPSA) is 0 Å². The van der Waals surface area contributed by atoms with E-state index in [2.05, 4.69) is 13.2 Å². The van der Waals surface area contributed by atoms with E-state index in [9.17, 15) is 0 Å². The summed E-state index contributed by atoms with van der Waals surface area (Å²) in [5, 5.41) is 0. The van der Waals surface area contributed by atoms with Gasteiger partial charge in [0, 0.05) is 0 Å². The molecule has 84 valence electrons. The second-order valence-electron chi connectivity index (χ2n) is 5.62. The molecule has 15 heavy (non-hydrogen) atoms. The Balaban J connectivity index is 1.72. The first-order chi connectivity index (χ1) is 7.24. The van der Waals surface area contributed by atoms with Gasteiger partial charge in [-0.2, -0.15) is 0 Å². The lowest BCUT2D eigenvalue weighted by Crippen LogP contribution is -2.15. The average Bonchev–Trinajstić information content (AvgIpc) is 2.25. The van der Waals surface area contributed by atoms with Gasteiger partial charge in [0.2, 0.25) is 0 Å². The van der Waals surface area contributed by atoms with Gasteiger partial charge in [0.25, 0.3) is 0 Å². The van der Waals surface area contributed by atoms with E-state index in [0.717, 1.165) is 11.8 Å². The number of rotatable bonds is 2. The highest BCUT2D eigenvalue weighted by molar-refractivity contribution is 5.00. The van der Waals surface area contributed by atoms with E-state index in [1.165, 1.54) is 68.9 Å². The smallest absolute Gasteiger partial charge is 0.0320 e. The van der Waals surface area contributed by atoms with Crippen molar-refractivity contribution in [1.29, 1.82) is 0 Å². The van der Waals surface area contributed by atoms with Crippen LogP contribution in [0.15, 0.2) is 24.3 Å². The van der Waals surface area contributed by atoms with Crippen molar-refractivity contribution in [2.45, 2.75) is 57.8 Å². The van der Waals surface area contributed by atoms with Crippen LogP contribution in [0.5, 0.6) is 0 Å². The Morgan fingerprint density at radius 2 is 1.07 bits per heavy atom. The van der Waals surface area contributed by atoms with Crippen LogP contribution >= 0.6 is 0 Å². The van der Waals surface area contributed by atoms with Crippen LogP contribution in [0.4, 0.5) is 0 Å². The van der Waals surface area contributed by atoms with Crippen molar-refractivity contribution >= 4 is 0 Å². The van der Waals surface area contributed by atoms with E-state index in [0.29, 0.717) is 0 Å². The number of hydrogen-bond donors (Lipinski definition) is 0. The molecule has 0 nitrogen and oxygen atoms in total. The SMILES string of the molecule is C=C1CCC(CC2CCC(=C)CC2)CC1. The monoisotopic (exact) mass is 204 g/mol. The molecule has 0 N–H and O–H groups in total. The largest absolute Gasteiger partial charge is 0.0999 e. The number of hydrogen-bond acceptors (Lipinski definition) is 0. The first-order valence-electron chi connectivity index (χ1n) is 6.57. The fraction of sp³-hybridized carbons (Fsp3) is 0.733. The summed E-state index contributed by atoms with van der Waals surface area (Å²) in [4.78, 5) is 0. The molecule has 0 heterocycles. The maximum atomic E-state index is 4.09. The van der Waals surface area contributed by atoms with Crippen LogP contribution in [0.1, 0.15) is 57.8 Å². The lowest BCUT2D eigenvalue weighted by molar-refractivity contribution is 0.279. The van der Waals surface area contributed by atoms with Gasteiger partial charge in [0.1, 0.15) is 0 Å². The van der Waals surface area contributed by atoms with Crippen molar-refractivity contribution in [3.05, 3.63) is 24.3 Å². The molecule has 0 saturated heterocycles. The summed E-state index contributed by atoms with van der Waals surface area (Å²) in [6.07, 6.45) is 12.3. The molecule has 0 bridgehead atoms. The molecule has 0 aliphatic heterocycles. The molecule has 0 amide bonds. The summed E-state index contributed by atoms with van der Waals surface area (Å²) >= 11 is 0. The average molecular weight is 204 g/mol. The van der Waals surface area contributed by atoms with E-state index in [4.69, 9.17) is 0 Å². The lowest BCUT2D eigenvalue weighted by Gasteiger charge is -2.30. The maximum absolute atomic E-state index is 4.09. The molecule has 0 radical (unpaired) electrons. The van der Waals surface area contributed by atoms with E-state index < -0.39 is 0 Å². The van der Waals surface area contributed by atoms with Gasteiger partial charge in [-0.3, -0.25) is 0 Å². The van der Waals surface area contributed by atoms with Gasteiger partial charge in [-0.15, -0.1) is 0 Å². The van der Waals surface area contributed by atoms with E-state index in [-0.39, 0.29) is 0 Å². The van der Waals surface area contributed by atoms with Crippen molar-refractivity contribution in [3.63, 3.8) is 0 Å². The van der Waals surface area contributed by atoms with Crippen LogP contribution in [0.3, 0.4) is 0 Å². The molecular formula is C15H24. The van der Waals surface area contributed by atoms with E-state index in [1.54, 1.807) is 0 Å². The second-order valence-corrected chi connectivity index (χ2v) is 5.62. The summed E-state index contributed by atoms with van der Waals surface area (Å²) in [6.45, 7) is 8.19. The molecule has 0 aromatic carbocycles. The second kappa shape index (κ2) is 5.01. The van der Waals surface area contributed by atoms with Gasteiger partial charge in [-0.05, 0) is 69.6 Å². The van der Waals surface area contributed by atoms with Crippen molar-refractivity contribution in [3.8, 4) is 0 Å². The molecule has 0 atom stereocenters. The van der Waals surface area contributed by atoms with Gasteiger partial charge in [0.15, 0.2) is 0 Å². The highest BCUT2D eigenvalue weighted by atomic mass is 14.3. The predicted octanol–water partition coefficient (Wildman–Crippen LogP) is 4.87. The van der Waals surface area contributed by atoms with Crippen LogP contribution in [0.2, 0.25) is 0 Å². The molecule has 2 saturated carbocycles. The van der Waals surface area contributed by atoms with Crippen LogP contribution < -0.4 is 0 Å². The predicted molar refractivity (Wildman–Crippen MR) is 66.8 cm³/mol. The van der Waals surface area contributed by atoms with Gasteiger partial charge in [0.05, 0.1) is 0 Å². The summed E-state index contributed by atoms with van der Waals surface area (Å²) in [5.74, 6) is 2.01. The number of allylic oxidation sites excluding steroid dienone is 2. The molecule has 2 aliphatic carbocycles. The molecule has 2 rings (SSSR count). The highest BCUT2D eigenvalue weighted by Gasteiger charge is 2.22. The summed E-state index contributed by atoms with van der Waals surface area (Å²) < 4.78 is 0. The molecule has 0 unspecified atom stereocenters. The van der Waals surface area contributed by atoms with Crippen molar-refractivity contribution in [2.75, 3.05) is 0 Å². The fourth-order valence-corrected chi connectivity index (χ4v) is 3.11. The molecule has 0 spiro atoms. The molecule has 0 aromatic heterocycles. The van der Waals surface area contributed by atoms with Crippen LogP contribution in [-0.4, -0.2) is 0 Å². The van der Waals surface area contributed by atoms with Gasteiger partial charge < -0.3 is 0 Å². The quantitative estimate of drug-likeness (QED) is 0.563. The Hall–Kier alpha value is -0.520. The normalized spacial score (nSPS) is 25.9. The maximum Gasteiger partial charge on any atom is -0.0320 e. The Bertz CT molecular complexity index is 203. The molecular weight excluding hydrogens is 180 g/mol. The minimum atomic E-state index is 1.01. The minimum Gasteiger partial charge on any atom is -0.0999 e. The third kappa shape index (κ3) is 3.22. The molecule has 0 heteroatoms. The van der Waals surface area contributed by atoms with Gasteiger partial charge in [-0.1, -0.05) is 24.3 Å². The summed E-state index contributed by atoms with van der Waals surface area (Å²) in [6, 6.07) is 0. The van der Waals surface area contributed by atoms with Crippen molar-refractivity contribution < 1.29 is 0 Å². The minimum absolute atomic E-state index is 1.01. The van der Waals surface area contributed by atoms with Crippen LogP contribution in [-0.2, 0) is 0 Å². The van der Waals surface area contributed by atoms with Crippen LogP contribution in [0.25, 0.3) is 0 Å². The van der Waals surface area contributed by atoms with Crippen LogP contribution in [0, 0.1) is 11.8 Å². The Kier molecular flexibility index (Phi) is 3.66. The molecule has 2 aliphatic rings. The third-order valence-electron chi connectivity index (χ3n) is 4.29. The zero-order valence-electron chi connectivity index (χ0n) is 9.93.